The Kier molecular flexibility index (Phi) is 8.93. The van der Waals surface area contributed by atoms with Gasteiger partial charge in [0.1, 0.15) is 0 Å². The van der Waals surface area contributed by atoms with Gasteiger partial charge in [0.2, 0.25) is 5.91 Å². The van der Waals surface area contributed by atoms with Crippen LogP contribution in [0.3, 0.4) is 0 Å². The van der Waals surface area contributed by atoms with Crippen molar-refractivity contribution in [2.75, 3.05) is 13.1 Å². The van der Waals surface area contributed by atoms with Gasteiger partial charge in [0, 0.05) is 12.1 Å². The molecule has 4 nitrogen and oxygen atoms in total. The van der Waals surface area contributed by atoms with Crippen LogP contribution < -0.4 is 10.6 Å². The summed E-state index contributed by atoms with van der Waals surface area (Å²) in [6.07, 6.45) is 7.19. The van der Waals surface area contributed by atoms with Crippen LogP contribution in [0, 0.1) is 0 Å². The predicted octanol–water partition coefficient (Wildman–Crippen LogP) is 2.89. The number of carbonyl (C=O) groups is 2. The molecular weight excluding hydrogens is 264 g/mol. The van der Waals surface area contributed by atoms with E-state index in [1.165, 1.54) is 25.7 Å². The topological polar surface area (TPSA) is 58.2 Å². The monoisotopic (exact) mass is 290 g/mol. The molecule has 0 atom stereocenters. The van der Waals surface area contributed by atoms with Crippen molar-refractivity contribution in [3.05, 3.63) is 35.9 Å². The summed E-state index contributed by atoms with van der Waals surface area (Å²) in [5.74, 6) is -0.349. The summed E-state index contributed by atoms with van der Waals surface area (Å²) in [6, 6.07) is 8.90. The molecule has 21 heavy (non-hydrogen) atoms. The highest BCUT2D eigenvalue weighted by atomic mass is 16.2. The van der Waals surface area contributed by atoms with E-state index in [9.17, 15) is 9.59 Å². The first-order chi connectivity index (χ1) is 10.2. The highest BCUT2D eigenvalue weighted by Gasteiger charge is 2.06. The molecule has 0 saturated carbocycles. The quantitative estimate of drug-likeness (QED) is 0.651. The number of hydrogen-bond acceptors (Lipinski definition) is 2. The highest BCUT2D eigenvalue weighted by molar-refractivity contribution is 5.96. The van der Waals surface area contributed by atoms with E-state index >= 15 is 0 Å². The minimum atomic E-state index is -0.217. The van der Waals surface area contributed by atoms with Gasteiger partial charge in [-0.3, -0.25) is 9.59 Å². The van der Waals surface area contributed by atoms with E-state index in [2.05, 4.69) is 17.6 Å². The number of rotatable bonds is 10. The van der Waals surface area contributed by atoms with Crippen molar-refractivity contribution in [1.82, 2.24) is 10.6 Å². The van der Waals surface area contributed by atoms with Crippen LogP contribution >= 0.6 is 0 Å². The predicted molar refractivity (Wildman–Crippen MR) is 85.2 cm³/mol. The second-order valence-corrected chi connectivity index (χ2v) is 5.17. The maximum atomic E-state index is 11.7. The lowest BCUT2D eigenvalue weighted by atomic mass is 10.1. The zero-order valence-electron chi connectivity index (χ0n) is 12.9. The summed E-state index contributed by atoms with van der Waals surface area (Å²) in [7, 11) is 0. The van der Waals surface area contributed by atoms with Crippen LogP contribution in [0.15, 0.2) is 30.3 Å². The Morgan fingerprint density at radius 1 is 0.905 bits per heavy atom. The summed E-state index contributed by atoms with van der Waals surface area (Å²) in [6.45, 7) is 2.92. The fraction of sp³-hybridized carbons (Fsp3) is 0.529. The van der Waals surface area contributed by atoms with Crippen molar-refractivity contribution in [3.63, 3.8) is 0 Å². The maximum Gasteiger partial charge on any atom is 0.251 e. The van der Waals surface area contributed by atoms with Crippen LogP contribution in [0.25, 0.3) is 0 Å². The fourth-order valence-corrected chi connectivity index (χ4v) is 2.05. The summed E-state index contributed by atoms with van der Waals surface area (Å²) >= 11 is 0. The van der Waals surface area contributed by atoms with Crippen molar-refractivity contribution >= 4 is 11.8 Å². The van der Waals surface area contributed by atoms with Crippen molar-refractivity contribution in [2.24, 2.45) is 0 Å². The molecule has 116 valence electrons. The largest absolute Gasteiger partial charge is 0.355 e. The van der Waals surface area contributed by atoms with Crippen LogP contribution in [0.5, 0.6) is 0 Å². The van der Waals surface area contributed by atoms with Gasteiger partial charge in [-0.05, 0) is 18.6 Å². The smallest absolute Gasteiger partial charge is 0.251 e. The van der Waals surface area contributed by atoms with Gasteiger partial charge in [0.25, 0.3) is 5.91 Å². The number of amides is 2. The molecule has 0 unspecified atom stereocenters. The SMILES string of the molecule is CCCCCCCCNC(=O)CNC(=O)c1ccccc1. The minimum Gasteiger partial charge on any atom is -0.355 e. The molecule has 0 saturated heterocycles. The minimum absolute atomic E-state index is 0.0313. The second kappa shape index (κ2) is 10.9. The normalized spacial score (nSPS) is 10.1. The number of nitrogens with one attached hydrogen (secondary N) is 2. The average Bonchev–Trinajstić information content (AvgIpc) is 2.52. The van der Waals surface area contributed by atoms with Gasteiger partial charge in [-0.25, -0.2) is 0 Å². The average molecular weight is 290 g/mol. The molecule has 0 bridgehead atoms. The van der Waals surface area contributed by atoms with Gasteiger partial charge in [-0.1, -0.05) is 57.2 Å². The van der Waals surface area contributed by atoms with Gasteiger partial charge >= 0.3 is 0 Å². The van der Waals surface area contributed by atoms with Gasteiger partial charge < -0.3 is 10.6 Å². The molecule has 2 amide bonds. The standard InChI is InChI=1S/C17H26N2O2/c1-2-3-4-5-6-10-13-18-16(20)14-19-17(21)15-11-8-7-9-12-15/h7-9,11-12H,2-6,10,13-14H2,1H3,(H,18,20)(H,19,21). The van der Waals surface area contributed by atoms with Gasteiger partial charge in [-0.15, -0.1) is 0 Å². The molecule has 1 aromatic rings. The molecule has 0 aliphatic carbocycles. The highest BCUT2D eigenvalue weighted by Crippen LogP contribution is 2.03. The third-order valence-electron chi connectivity index (χ3n) is 3.30. The van der Waals surface area contributed by atoms with Crippen molar-refractivity contribution in [3.8, 4) is 0 Å². The summed E-state index contributed by atoms with van der Waals surface area (Å²) in [5, 5.41) is 5.44. The van der Waals surface area contributed by atoms with E-state index in [0.717, 1.165) is 12.8 Å². The zero-order valence-corrected chi connectivity index (χ0v) is 12.9. The number of unbranched alkanes of at least 4 members (excludes halogenated alkanes) is 5. The van der Waals surface area contributed by atoms with E-state index in [4.69, 9.17) is 0 Å². The Morgan fingerprint density at radius 3 is 2.29 bits per heavy atom. The molecule has 0 aliphatic rings. The molecule has 1 rings (SSSR count). The Morgan fingerprint density at radius 2 is 1.57 bits per heavy atom. The lowest BCUT2D eigenvalue weighted by Gasteiger charge is -2.07. The number of hydrogen-bond donors (Lipinski definition) is 2. The Balaban J connectivity index is 2.05. The van der Waals surface area contributed by atoms with Crippen molar-refractivity contribution in [1.29, 1.82) is 0 Å². The number of benzene rings is 1. The molecular formula is C17H26N2O2. The molecule has 4 heteroatoms. The lowest BCUT2D eigenvalue weighted by molar-refractivity contribution is -0.120. The summed E-state index contributed by atoms with van der Waals surface area (Å²) < 4.78 is 0. The molecule has 0 aromatic heterocycles. The summed E-state index contributed by atoms with van der Waals surface area (Å²) in [4.78, 5) is 23.3. The van der Waals surface area contributed by atoms with Crippen LogP contribution in [0.1, 0.15) is 55.8 Å². The molecule has 0 spiro atoms. The van der Waals surface area contributed by atoms with Gasteiger partial charge in [0.15, 0.2) is 0 Å². The van der Waals surface area contributed by atoms with Crippen LogP contribution in [0.2, 0.25) is 0 Å². The molecule has 2 N–H and O–H groups in total. The van der Waals surface area contributed by atoms with Crippen LogP contribution in [-0.4, -0.2) is 24.9 Å². The molecule has 0 fully saturated rings. The number of carbonyl (C=O) groups excluding carboxylic acids is 2. The molecule has 0 aliphatic heterocycles. The Labute approximate surface area is 127 Å². The van der Waals surface area contributed by atoms with Crippen molar-refractivity contribution < 1.29 is 9.59 Å². The molecule has 1 aromatic carbocycles. The van der Waals surface area contributed by atoms with E-state index in [1.807, 2.05) is 6.07 Å². The van der Waals surface area contributed by atoms with E-state index in [1.54, 1.807) is 24.3 Å². The zero-order chi connectivity index (χ0) is 15.3. The van der Waals surface area contributed by atoms with Crippen LogP contribution in [0.4, 0.5) is 0 Å². The Hall–Kier alpha value is -1.84. The van der Waals surface area contributed by atoms with E-state index < -0.39 is 0 Å². The Bertz CT molecular complexity index is 418. The first kappa shape index (κ1) is 17.2. The first-order valence-corrected chi connectivity index (χ1v) is 7.84. The van der Waals surface area contributed by atoms with Crippen molar-refractivity contribution in [2.45, 2.75) is 45.4 Å². The maximum absolute atomic E-state index is 11.7. The molecule has 0 heterocycles. The van der Waals surface area contributed by atoms with Crippen LogP contribution in [-0.2, 0) is 4.79 Å². The van der Waals surface area contributed by atoms with Gasteiger partial charge in [-0.2, -0.15) is 0 Å². The third kappa shape index (κ3) is 8.12. The first-order valence-electron chi connectivity index (χ1n) is 7.84. The third-order valence-corrected chi connectivity index (χ3v) is 3.30. The van der Waals surface area contributed by atoms with E-state index in [-0.39, 0.29) is 18.4 Å². The fourth-order valence-electron chi connectivity index (χ4n) is 2.05. The van der Waals surface area contributed by atoms with Gasteiger partial charge in [0.05, 0.1) is 6.54 Å². The molecule has 0 radical (unpaired) electrons. The lowest BCUT2D eigenvalue weighted by Crippen LogP contribution is -2.37. The second-order valence-electron chi connectivity index (χ2n) is 5.17. The van der Waals surface area contributed by atoms with E-state index in [0.29, 0.717) is 12.1 Å². The summed E-state index contributed by atoms with van der Waals surface area (Å²) in [5.41, 5.74) is 0.571.